The SMILES string of the molecule is CN(Cc1ccccc1Br)C(=O)c1ccc(NN)cc1. The first-order valence-electron chi connectivity index (χ1n) is 6.17. The fourth-order valence-electron chi connectivity index (χ4n) is 1.88. The van der Waals surface area contributed by atoms with Crippen LogP contribution in [0.3, 0.4) is 0 Å². The van der Waals surface area contributed by atoms with E-state index in [1.807, 2.05) is 24.3 Å². The number of benzene rings is 2. The molecular weight excluding hydrogens is 318 g/mol. The van der Waals surface area contributed by atoms with Crippen molar-refractivity contribution in [3.63, 3.8) is 0 Å². The van der Waals surface area contributed by atoms with Gasteiger partial charge in [-0.15, -0.1) is 0 Å². The number of hydrogen-bond acceptors (Lipinski definition) is 3. The molecule has 5 heteroatoms. The minimum atomic E-state index is -0.0238. The molecule has 0 heterocycles. The Balaban J connectivity index is 2.10. The standard InChI is InChI=1S/C15H16BrN3O/c1-19(10-12-4-2-3-5-14(12)16)15(20)11-6-8-13(18-17)9-7-11/h2-9,18H,10,17H2,1H3. The van der Waals surface area contributed by atoms with Crippen LogP contribution >= 0.6 is 15.9 Å². The Labute approximate surface area is 126 Å². The lowest BCUT2D eigenvalue weighted by molar-refractivity contribution is 0.0785. The van der Waals surface area contributed by atoms with E-state index in [2.05, 4.69) is 21.4 Å². The highest BCUT2D eigenvalue weighted by molar-refractivity contribution is 9.10. The lowest BCUT2D eigenvalue weighted by atomic mass is 10.1. The Morgan fingerprint density at radius 1 is 1.20 bits per heavy atom. The number of nitrogens with two attached hydrogens (primary N) is 1. The molecule has 0 aliphatic heterocycles. The summed E-state index contributed by atoms with van der Waals surface area (Å²) in [6.45, 7) is 0.553. The molecule has 1 amide bonds. The molecule has 20 heavy (non-hydrogen) atoms. The second-order valence-electron chi connectivity index (χ2n) is 4.47. The van der Waals surface area contributed by atoms with Gasteiger partial charge in [0, 0.05) is 29.3 Å². The molecule has 0 aromatic heterocycles. The largest absolute Gasteiger partial charge is 0.337 e. The van der Waals surface area contributed by atoms with Crippen molar-refractivity contribution in [2.45, 2.75) is 6.54 Å². The summed E-state index contributed by atoms with van der Waals surface area (Å²) in [7, 11) is 1.79. The van der Waals surface area contributed by atoms with Crippen LogP contribution in [-0.4, -0.2) is 17.9 Å². The molecule has 0 atom stereocenters. The minimum Gasteiger partial charge on any atom is -0.337 e. The van der Waals surface area contributed by atoms with Gasteiger partial charge in [-0.1, -0.05) is 34.1 Å². The van der Waals surface area contributed by atoms with Gasteiger partial charge in [0.2, 0.25) is 0 Å². The molecule has 0 unspecified atom stereocenters. The first-order chi connectivity index (χ1) is 9.61. The maximum atomic E-state index is 12.3. The van der Waals surface area contributed by atoms with Gasteiger partial charge < -0.3 is 10.3 Å². The highest BCUT2D eigenvalue weighted by Crippen LogP contribution is 2.18. The molecule has 2 aromatic carbocycles. The van der Waals surface area contributed by atoms with Gasteiger partial charge in [-0.2, -0.15) is 0 Å². The van der Waals surface area contributed by atoms with Gasteiger partial charge in [-0.25, -0.2) is 0 Å². The van der Waals surface area contributed by atoms with Crippen molar-refractivity contribution in [2.75, 3.05) is 12.5 Å². The Kier molecular flexibility index (Phi) is 4.76. The van der Waals surface area contributed by atoms with Crippen LogP contribution in [0.5, 0.6) is 0 Å². The average Bonchev–Trinajstić information content (AvgIpc) is 2.49. The number of hydrogen-bond donors (Lipinski definition) is 2. The molecule has 0 bridgehead atoms. The zero-order valence-electron chi connectivity index (χ0n) is 11.1. The number of nitrogens with zero attached hydrogens (tertiary/aromatic N) is 1. The molecule has 2 aromatic rings. The number of nitrogens with one attached hydrogen (secondary N) is 1. The number of hydrazine groups is 1. The number of rotatable bonds is 4. The third kappa shape index (κ3) is 3.37. The fourth-order valence-corrected chi connectivity index (χ4v) is 2.29. The fraction of sp³-hybridized carbons (Fsp3) is 0.133. The van der Waals surface area contributed by atoms with Crippen molar-refractivity contribution in [1.82, 2.24) is 4.90 Å². The highest BCUT2D eigenvalue weighted by Gasteiger charge is 2.12. The van der Waals surface area contributed by atoms with E-state index in [0.29, 0.717) is 12.1 Å². The number of anilines is 1. The minimum absolute atomic E-state index is 0.0238. The summed E-state index contributed by atoms with van der Waals surface area (Å²) < 4.78 is 1.00. The summed E-state index contributed by atoms with van der Waals surface area (Å²) in [5.41, 5.74) is 5.02. The molecule has 0 aliphatic rings. The molecular formula is C15H16BrN3O. The lowest BCUT2D eigenvalue weighted by Gasteiger charge is -2.18. The summed E-state index contributed by atoms with van der Waals surface area (Å²) in [6, 6.07) is 14.9. The summed E-state index contributed by atoms with van der Waals surface area (Å²) in [6.07, 6.45) is 0. The van der Waals surface area contributed by atoms with Crippen molar-refractivity contribution in [2.24, 2.45) is 5.84 Å². The van der Waals surface area contributed by atoms with Gasteiger partial charge in [0.1, 0.15) is 0 Å². The van der Waals surface area contributed by atoms with Gasteiger partial charge in [-0.05, 0) is 35.9 Å². The van der Waals surface area contributed by atoms with Crippen molar-refractivity contribution >= 4 is 27.5 Å². The third-order valence-corrected chi connectivity index (χ3v) is 3.78. The van der Waals surface area contributed by atoms with E-state index in [-0.39, 0.29) is 5.91 Å². The Morgan fingerprint density at radius 2 is 1.85 bits per heavy atom. The number of amides is 1. The van der Waals surface area contributed by atoms with E-state index in [1.165, 1.54) is 0 Å². The first kappa shape index (κ1) is 14.6. The van der Waals surface area contributed by atoms with Crippen LogP contribution in [0.4, 0.5) is 5.69 Å². The zero-order valence-corrected chi connectivity index (χ0v) is 12.7. The Hall–Kier alpha value is -1.85. The molecule has 0 radical (unpaired) electrons. The van der Waals surface area contributed by atoms with Gasteiger partial charge >= 0.3 is 0 Å². The second-order valence-corrected chi connectivity index (χ2v) is 5.33. The van der Waals surface area contributed by atoms with Gasteiger partial charge in [0.25, 0.3) is 5.91 Å². The van der Waals surface area contributed by atoms with Crippen LogP contribution in [-0.2, 0) is 6.54 Å². The maximum absolute atomic E-state index is 12.3. The smallest absolute Gasteiger partial charge is 0.253 e. The quantitative estimate of drug-likeness (QED) is 0.668. The van der Waals surface area contributed by atoms with E-state index in [0.717, 1.165) is 15.7 Å². The van der Waals surface area contributed by atoms with Crippen LogP contribution in [0.25, 0.3) is 0 Å². The molecule has 0 saturated carbocycles. The molecule has 3 N–H and O–H groups in total. The summed E-state index contributed by atoms with van der Waals surface area (Å²) >= 11 is 3.49. The molecule has 0 spiro atoms. The predicted octanol–water partition coefficient (Wildman–Crippen LogP) is 3.01. The van der Waals surface area contributed by atoms with Gasteiger partial charge in [0.15, 0.2) is 0 Å². The maximum Gasteiger partial charge on any atom is 0.253 e. The van der Waals surface area contributed by atoms with Crippen molar-refractivity contribution < 1.29 is 4.79 Å². The van der Waals surface area contributed by atoms with Crippen molar-refractivity contribution in [3.05, 3.63) is 64.1 Å². The average molecular weight is 334 g/mol. The van der Waals surface area contributed by atoms with Crippen LogP contribution in [0, 0.1) is 0 Å². The van der Waals surface area contributed by atoms with E-state index >= 15 is 0 Å². The number of carbonyl (C=O) groups is 1. The van der Waals surface area contributed by atoms with E-state index in [9.17, 15) is 4.79 Å². The summed E-state index contributed by atoms with van der Waals surface area (Å²) in [4.78, 5) is 14.0. The molecule has 0 fully saturated rings. The normalized spacial score (nSPS) is 10.2. The van der Waals surface area contributed by atoms with E-state index in [4.69, 9.17) is 5.84 Å². The molecule has 4 nitrogen and oxygen atoms in total. The molecule has 104 valence electrons. The third-order valence-electron chi connectivity index (χ3n) is 3.01. The molecule has 0 aliphatic carbocycles. The van der Waals surface area contributed by atoms with E-state index < -0.39 is 0 Å². The zero-order chi connectivity index (χ0) is 14.5. The topological polar surface area (TPSA) is 58.4 Å². The van der Waals surface area contributed by atoms with Crippen LogP contribution in [0.15, 0.2) is 53.0 Å². The second kappa shape index (κ2) is 6.54. The molecule has 2 rings (SSSR count). The number of carbonyl (C=O) groups excluding carboxylic acids is 1. The van der Waals surface area contributed by atoms with Crippen molar-refractivity contribution in [1.29, 1.82) is 0 Å². The number of nitrogen functional groups attached to an aromatic ring is 1. The highest BCUT2D eigenvalue weighted by atomic mass is 79.9. The lowest BCUT2D eigenvalue weighted by Crippen LogP contribution is -2.26. The van der Waals surface area contributed by atoms with Gasteiger partial charge in [0.05, 0.1) is 0 Å². The monoisotopic (exact) mass is 333 g/mol. The first-order valence-corrected chi connectivity index (χ1v) is 6.96. The van der Waals surface area contributed by atoms with Crippen LogP contribution in [0.1, 0.15) is 15.9 Å². The molecule has 0 saturated heterocycles. The summed E-state index contributed by atoms with van der Waals surface area (Å²) in [5, 5.41) is 0. The van der Waals surface area contributed by atoms with Crippen LogP contribution < -0.4 is 11.3 Å². The predicted molar refractivity (Wildman–Crippen MR) is 84.2 cm³/mol. The van der Waals surface area contributed by atoms with Crippen LogP contribution in [0.2, 0.25) is 0 Å². The van der Waals surface area contributed by atoms with Crippen molar-refractivity contribution in [3.8, 4) is 0 Å². The Bertz CT molecular complexity index is 598. The Morgan fingerprint density at radius 3 is 2.45 bits per heavy atom. The van der Waals surface area contributed by atoms with Gasteiger partial charge in [-0.3, -0.25) is 10.6 Å². The van der Waals surface area contributed by atoms with E-state index in [1.54, 1.807) is 36.2 Å². The number of halogens is 1. The summed E-state index contributed by atoms with van der Waals surface area (Å²) in [5.74, 6) is 5.28.